The fraction of sp³-hybridized carbons (Fsp3) is 0.286. The van der Waals surface area contributed by atoms with E-state index in [0.29, 0.717) is 38.5 Å². The summed E-state index contributed by atoms with van der Waals surface area (Å²) in [6, 6.07) is 5.27. The molecule has 0 saturated carbocycles. The number of anilines is 1. The Hall–Kier alpha value is -3.23. The minimum absolute atomic E-state index is 0.0561. The predicted molar refractivity (Wildman–Crippen MR) is 117 cm³/mol. The fourth-order valence-corrected chi connectivity index (χ4v) is 3.51. The van der Waals surface area contributed by atoms with Crippen molar-refractivity contribution in [3.05, 3.63) is 63.6 Å². The highest BCUT2D eigenvalue weighted by atomic mass is 35.5. The van der Waals surface area contributed by atoms with Crippen molar-refractivity contribution < 1.29 is 55.3 Å². The second kappa shape index (κ2) is 10.6. The van der Waals surface area contributed by atoms with Gasteiger partial charge in [-0.1, -0.05) is 35.3 Å². The second-order valence-electron chi connectivity index (χ2n) is 7.22. The molecule has 2 rings (SSSR count). The van der Waals surface area contributed by atoms with Gasteiger partial charge in [-0.3, -0.25) is 4.79 Å². The molecule has 2 aromatic carbocycles. The zero-order chi connectivity index (χ0) is 28.4. The number of aliphatic hydroxyl groups is 1. The smallest absolute Gasteiger partial charge is 0.441 e. The molecule has 0 bridgehead atoms. The topological polar surface area (TPSA) is 114 Å². The minimum atomic E-state index is -5.59. The normalized spacial score (nSPS) is 15.1. The van der Waals surface area contributed by atoms with Gasteiger partial charge in [0.1, 0.15) is 0 Å². The van der Waals surface area contributed by atoms with Gasteiger partial charge in [0.15, 0.2) is 0 Å². The van der Waals surface area contributed by atoms with Crippen LogP contribution in [0.15, 0.2) is 42.5 Å². The Balaban J connectivity index is 2.57. The number of hydrogen-bond acceptors (Lipinski definition) is 7. The molecule has 0 unspecified atom stereocenters. The third-order valence-corrected chi connectivity index (χ3v) is 5.47. The number of carbonyl (C=O) groups excluding carboxylic acids is 3. The molecular weight excluding hydrogens is 561 g/mol. The van der Waals surface area contributed by atoms with E-state index in [1.807, 2.05) is 0 Å². The van der Waals surface area contributed by atoms with Crippen LogP contribution in [-0.2, 0) is 24.7 Å². The molecule has 1 amide bonds. The second-order valence-corrected chi connectivity index (χ2v) is 8.06. The number of hydrogen-bond donors (Lipinski definition) is 3. The molecule has 0 radical (unpaired) electrons. The highest BCUT2D eigenvalue weighted by Crippen LogP contribution is 2.41. The van der Waals surface area contributed by atoms with Gasteiger partial charge in [-0.2, -0.15) is 26.3 Å². The molecule has 0 heterocycles. The van der Waals surface area contributed by atoms with E-state index in [2.05, 4.69) is 9.47 Å². The average molecular weight is 577 g/mol. The van der Waals surface area contributed by atoms with Gasteiger partial charge in [-0.15, -0.1) is 0 Å². The quantitative estimate of drug-likeness (QED) is 0.257. The summed E-state index contributed by atoms with van der Waals surface area (Å²) in [4.78, 5) is 36.7. The van der Waals surface area contributed by atoms with Crippen molar-refractivity contribution in [1.82, 2.24) is 5.32 Å². The maximum Gasteiger partial charge on any atom is 0.441 e. The number of nitrogens with one attached hydrogen (secondary N) is 2. The molecule has 16 heteroatoms. The van der Waals surface area contributed by atoms with Crippen LogP contribution in [0.1, 0.15) is 15.9 Å². The number of rotatable bonds is 7. The number of ether oxygens (including phenoxy) is 2. The molecule has 202 valence electrons. The molecule has 0 fully saturated rings. The van der Waals surface area contributed by atoms with E-state index in [9.17, 15) is 45.8 Å². The first kappa shape index (κ1) is 30.0. The SMILES string of the molecule is COC(=O)[C@@](NC(=O)c1ccc(Cl)cc1Cl)(Nc1ccc([C@](O)(C(=O)OC)C(F)(F)F)cc1)C(F)(F)F. The predicted octanol–water partition coefficient (Wildman–Crippen LogP) is 4.19. The minimum Gasteiger partial charge on any atom is -0.466 e. The summed E-state index contributed by atoms with van der Waals surface area (Å²) >= 11 is 11.6. The number of methoxy groups -OCH3 is 2. The lowest BCUT2D eigenvalue weighted by Crippen LogP contribution is -2.69. The van der Waals surface area contributed by atoms with Crippen molar-refractivity contribution in [1.29, 1.82) is 0 Å². The molecule has 3 N–H and O–H groups in total. The van der Waals surface area contributed by atoms with Crippen molar-refractivity contribution in [2.24, 2.45) is 0 Å². The Kier molecular flexibility index (Phi) is 8.62. The Labute approximate surface area is 214 Å². The molecule has 2 aromatic rings. The summed E-state index contributed by atoms with van der Waals surface area (Å²) in [6.07, 6.45) is -11.2. The number of halogens is 8. The Morgan fingerprint density at radius 1 is 0.838 bits per heavy atom. The lowest BCUT2D eigenvalue weighted by molar-refractivity contribution is -0.266. The van der Waals surface area contributed by atoms with E-state index in [1.54, 1.807) is 5.32 Å². The molecule has 0 aliphatic rings. The first-order valence-corrected chi connectivity index (χ1v) is 10.4. The van der Waals surface area contributed by atoms with Crippen LogP contribution in [-0.4, -0.2) is 55.2 Å². The third kappa shape index (κ3) is 5.70. The molecule has 0 aliphatic heterocycles. The van der Waals surface area contributed by atoms with Crippen molar-refractivity contribution in [3.63, 3.8) is 0 Å². The standard InChI is InChI=1S/C21H16Cl2F6N2O6/c1-36-16(33)18(35,20(24,25)26)10-3-6-12(7-4-10)30-19(17(34)37-2,21(27,28)29)31-15(32)13-8-5-11(22)9-14(13)23/h3-9,30,35H,1-2H3,(H,31,32)/t18-,19-/m0/s1. The van der Waals surface area contributed by atoms with Crippen LogP contribution in [0.5, 0.6) is 0 Å². The van der Waals surface area contributed by atoms with Gasteiger partial charge in [0.05, 0.1) is 24.8 Å². The number of benzene rings is 2. The molecular formula is C21H16Cl2F6N2O6. The van der Waals surface area contributed by atoms with Crippen LogP contribution in [0.4, 0.5) is 32.0 Å². The van der Waals surface area contributed by atoms with Gasteiger partial charge in [0.25, 0.3) is 11.5 Å². The zero-order valence-electron chi connectivity index (χ0n) is 18.6. The van der Waals surface area contributed by atoms with Gasteiger partial charge in [-0.25, -0.2) is 9.59 Å². The number of amides is 1. The molecule has 0 aliphatic carbocycles. The van der Waals surface area contributed by atoms with Gasteiger partial charge in [0, 0.05) is 16.3 Å². The number of alkyl halides is 6. The van der Waals surface area contributed by atoms with Crippen molar-refractivity contribution in [2.75, 3.05) is 19.5 Å². The van der Waals surface area contributed by atoms with Crippen molar-refractivity contribution >= 4 is 46.7 Å². The summed E-state index contributed by atoms with van der Waals surface area (Å²) in [5.41, 5.74) is -10.4. The van der Waals surface area contributed by atoms with Crippen LogP contribution >= 0.6 is 23.2 Å². The highest BCUT2D eigenvalue weighted by molar-refractivity contribution is 6.36. The lowest BCUT2D eigenvalue weighted by atomic mass is 9.93. The maximum atomic E-state index is 14.2. The summed E-state index contributed by atoms with van der Waals surface area (Å²) in [5, 5.41) is 12.9. The van der Waals surface area contributed by atoms with E-state index < -0.39 is 58.3 Å². The third-order valence-electron chi connectivity index (χ3n) is 4.92. The van der Waals surface area contributed by atoms with Gasteiger partial charge >= 0.3 is 30.0 Å². The van der Waals surface area contributed by atoms with Crippen molar-refractivity contribution in [2.45, 2.75) is 23.6 Å². The van der Waals surface area contributed by atoms with Crippen LogP contribution in [0.25, 0.3) is 0 Å². The Bertz CT molecular complexity index is 1190. The first-order valence-electron chi connectivity index (χ1n) is 9.63. The number of esters is 2. The molecule has 0 saturated heterocycles. The highest BCUT2D eigenvalue weighted by Gasteiger charge is 2.64. The van der Waals surface area contributed by atoms with Crippen LogP contribution in [0.3, 0.4) is 0 Å². The fourth-order valence-electron chi connectivity index (χ4n) is 3.01. The van der Waals surface area contributed by atoms with Crippen molar-refractivity contribution in [3.8, 4) is 0 Å². The van der Waals surface area contributed by atoms with E-state index in [-0.39, 0.29) is 10.0 Å². The molecule has 0 spiro atoms. The van der Waals surface area contributed by atoms with Gasteiger partial charge < -0.3 is 25.2 Å². The molecule has 0 aromatic heterocycles. The number of carbonyl (C=O) groups is 3. The van der Waals surface area contributed by atoms with E-state index in [4.69, 9.17) is 23.2 Å². The van der Waals surface area contributed by atoms with E-state index in [0.717, 1.165) is 18.2 Å². The average Bonchev–Trinajstić information content (AvgIpc) is 2.80. The summed E-state index contributed by atoms with van der Waals surface area (Å²) in [5.74, 6) is -5.65. The van der Waals surface area contributed by atoms with Crippen LogP contribution in [0, 0.1) is 0 Å². The zero-order valence-corrected chi connectivity index (χ0v) is 20.1. The first-order chi connectivity index (χ1) is 16.9. The van der Waals surface area contributed by atoms with E-state index in [1.165, 1.54) is 5.32 Å². The van der Waals surface area contributed by atoms with Crippen LogP contribution < -0.4 is 10.6 Å². The maximum absolute atomic E-state index is 14.2. The molecule has 2 atom stereocenters. The summed E-state index contributed by atoms with van der Waals surface area (Å²) < 4.78 is 91.2. The van der Waals surface area contributed by atoms with Gasteiger partial charge in [-0.05, 0) is 30.3 Å². The Morgan fingerprint density at radius 3 is 1.81 bits per heavy atom. The largest absolute Gasteiger partial charge is 0.466 e. The Morgan fingerprint density at radius 2 is 1.38 bits per heavy atom. The molecule has 37 heavy (non-hydrogen) atoms. The van der Waals surface area contributed by atoms with E-state index >= 15 is 0 Å². The van der Waals surface area contributed by atoms with Crippen LogP contribution in [0.2, 0.25) is 10.0 Å². The van der Waals surface area contributed by atoms with Gasteiger partial charge in [0.2, 0.25) is 0 Å². The summed E-state index contributed by atoms with van der Waals surface area (Å²) in [6.45, 7) is 0. The summed E-state index contributed by atoms with van der Waals surface area (Å²) in [7, 11) is 1.17. The monoisotopic (exact) mass is 576 g/mol. The molecule has 8 nitrogen and oxygen atoms in total. The lowest BCUT2D eigenvalue weighted by Gasteiger charge is -2.35.